The van der Waals surface area contributed by atoms with Crippen molar-refractivity contribution in [3.05, 3.63) is 66.2 Å². The van der Waals surface area contributed by atoms with Crippen LogP contribution in [0.25, 0.3) is 0 Å². The monoisotopic (exact) mass is 358 g/mol. The van der Waals surface area contributed by atoms with Crippen LogP contribution < -0.4 is 4.90 Å². The van der Waals surface area contributed by atoms with Gasteiger partial charge >= 0.3 is 0 Å². The number of hydrogen-bond acceptors (Lipinski definition) is 3. The average molecular weight is 358 g/mol. The van der Waals surface area contributed by atoms with Gasteiger partial charge in [-0.1, -0.05) is 48.5 Å². The Hall–Kier alpha value is -2.18. The van der Waals surface area contributed by atoms with Gasteiger partial charge in [0, 0.05) is 11.7 Å². The molecule has 0 spiro atoms. The van der Waals surface area contributed by atoms with Crippen molar-refractivity contribution >= 4 is 21.6 Å². The van der Waals surface area contributed by atoms with Gasteiger partial charge in [0.1, 0.15) is 0 Å². The molecule has 1 aliphatic rings. The van der Waals surface area contributed by atoms with E-state index in [1.54, 1.807) is 4.90 Å². The summed E-state index contributed by atoms with van der Waals surface area (Å²) in [6.07, 6.45) is 2.82. The molecule has 132 valence electrons. The number of sulfonamides is 1. The lowest BCUT2D eigenvalue weighted by molar-refractivity contribution is -0.119. The Morgan fingerprint density at radius 1 is 1.00 bits per heavy atom. The lowest BCUT2D eigenvalue weighted by atomic mass is 10.2. The van der Waals surface area contributed by atoms with E-state index in [9.17, 15) is 13.2 Å². The van der Waals surface area contributed by atoms with Gasteiger partial charge in [0.25, 0.3) is 0 Å². The third-order valence-electron chi connectivity index (χ3n) is 4.22. The minimum Gasteiger partial charge on any atom is -0.307 e. The lowest BCUT2D eigenvalue weighted by Gasteiger charge is -2.26. The number of nitrogens with zero attached hydrogens (tertiary/aromatic N) is 2. The van der Waals surface area contributed by atoms with Crippen LogP contribution >= 0.6 is 0 Å². The molecule has 0 unspecified atom stereocenters. The molecule has 0 heterocycles. The van der Waals surface area contributed by atoms with Crippen LogP contribution in [-0.2, 0) is 21.4 Å². The number of carbonyl (C=O) groups excluding carboxylic acids is 1. The van der Waals surface area contributed by atoms with Gasteiger partial charge in [-0.05, 0) is 30.5 Å². The third kappa shape index (κ3) is 4.67. The highest BCUT2D eigenvalue weighted by Crippen LogP contribution is 2.29. The van der Waals surface area contributed by atoms with Crippen LogP contribution in [0.15, 0.2) is 60.7 Å². The van der Waals surface area contributed by atoms with E-state index in [4.69, 9.17) is 0 Å². The summed E-state index contributed by atoms with van der Waals surface area (Å²) in [5, 5.41) is 0. The Labute approximate surface area is 148 Å². The number of benzene rings is 2. The molecule has 1 saturated carbocycles. The molecule has 3 rings (SSSR count). The van der Waals surface area contributed by atoms with Crippen molar-refractivity contribution in [1.82, 2.24) is 4.31 Å². The van der Waals surface area contributed by atoms with Crippen LogP contribution in [0.3, 0.4) is 0 Å². The fourth-order valence-corrected chi connectivity index (χ4v) is 3.89. The molecule has 1 aliphatic carbocycles. The van der Waals surface area contributed by atoms with Gasteiger partial charge < -0.3 is 4.90 Å². The van der Waals surface area contributed by atoms with Crippen molar-refractivity contribution in [3.63, 3.8) is 0 Å². The molecule has 1 amide bonds. The van der Waals surface area contributed by atoms with Crippen molar-refractivity contribution in [3.8, 4) is 0 Å². The lowest BCUT2D eigenvalue weighted by Crippen LogP contribution is -2.43. The molecule has 6 heteroatoms. The fourth-order valence-electron chi connectivity index (χ4n) is 2.80. The maximum absolute atomic E-state index is 13.0. The molecule has 25 heavy (non-hydrogen) atoms. The zero-order valence-corrected chi connectivity index (χ0v) is 15.0. The smallest absolute Gasteiger partial charge is 0.242 e. The van der Waals surface area contributed by atoms with Gasteiger partial charge in [0.2, 0.25) is 15.9 Å². The van der Waals surface area contributed by atoms with E-state index in [0.29, 0.717) is 6.54 Å². The highest BCUT2D eigenvalue weighted by molar-refractivity contribution is 7.88. The van der Waals surface area contributed by atoms with Gasteiger partial charge in [0.15, 0.2) is 0 Å². The van der Waals surface area contributed by atoms with Gasteiger partial charge in [-0.25, -0.2) is 8.42 Å². The molecular formula is C19H22N2O3S. The van der Waals surface area contributed by atoms with Gasteiger partial charge in [-0.15, -0.1) is 0 Å². The molecule has 0 bridgehead atoms. The van der Waals surface area contributed by atoms with Crippen LogP contribution in [-0.4, -0.2) is 37.5 Å². The first kappa shape index (κ1) is 17.6. The molecule has 2 aromatic rings. The minimum absolute atomic E-state index is 0.0340. The molecular weight excluding hydrogens is 336 g/mol. The van der Waals surface area contributed by atoms with Crippen LogP contribution in [0.1, 0.15) is 18.4 Å². The molecule has 2 aromatic carbocycles. The Bertz CT molecular complexity index is 818. The quantitative estimate of drug-likeness (QED) is 0.764. The zero-order chi connectivity index (χ0) is 17.9. The first-order valence-corrected chi connectivity index (χ1v) is 10.2. The molecule has 0 radical (unpaired) electrons. The molecule has 1 fully saturated rings. The predicted molar refractivity (Wildman–Crippen MR) is 98.6 cm³/mol. The Balaban J connectivity index is 1.84. The van der Waals surface area contributed by atoms with Crippen molar-refractivity contribution in [2.45, 2.75) is 25.4 Å². The summed E-state index contributed by atoms with van der Waals surface area (Å²) in [6.45, 7) is 0.289. The zero-order valence-electron chi connectivity index (χ0n) is 14.2. The van der Waals surface area contributed by atoms with Crippen molar-refractivity contribution < 1.29 is 13.2 Å². The molecule has 0 atom stereocenters. The van der Waals surface area contributed by atoms with E-state index in [2.05, 4.69) is 0 Å². The second kappa shape index (κ2) is 7.37. The van der Waals surface area contributed by atoms with Crippen LogP contribution in [0.2, 0.25) is 0 Å². The van der Waals surface area contributed by atoms with Gasteiger partial charge in [0.05, 0.1) is 19.3 Å². The summed E-state index contributed by atoms with van der Waals surface area (Å²) in [4.78, 5) is 14.6. The minimum atomic E-state index is -3.40. The molecule has 5 nitrogen and oxygen atoms in total. The van der Waals surface area contributed by atoms with Gasteiger partial charge in [-0.3, -0.25) is 4.79 Å². The molecule has 0 saturated heterocycles. The first-order valence-electron chi connectivity index (χ1n) is 8.31. The highest BCUT2D eigenvalue weighted by Gasteiger charge is 2.37. The first-order chi connectivity index (χ1) is 11.9. The number of anilines is 1. The van der Waals surface area contributed by atoms with Crippen LogP contribution in [0, 0.1) is 0 Å². The second-order valence-corrected chi connectivity index (χ2v) is 8.28. The summed E-state index contributed by atoms with van der Waals surface area (Å²) in [7, 11) is -3.40. The van der Waals surface area contributed by atoms with E-state index in [1.165, 1.54) is 10.6 Å². The average Bonchev–Trinajstić information content (AvgIpc) is 3.43. The number of rotatable bonds is 7. The maximum atomic E-state index is 13.0. The molecule has 0 aromatic heterocycles. The predicted octanol–water partition coefficient (Wildman–Crippen LogP) is 2.64. The van der Waals surface area contributed by atoms with E-state index < -0.39 is 10.0 Å². The van der Waals surface area contributed by atoms with Crippen molar-refractivity contribution in [2.24, 2.45) is 0 Å². The topological polar surface area (TPSA) is 57.7 Å². The fraction of sp³-hybridized carbons (Fsp3) is 0.316. The number of para-hydroxylation sites is 1. The van der Waals surface area contributed by atoms with Gasteiger partial charge in [-0.2, -0.15) is 4.31 Å². The summed E-state index contributed by atoms with van der Waals surface area (Å²) in [5.74, 6) is -0.215. The van der Waals surface area contributed by atoms with Crippen molar-refractivity contribution in [1.29, 1.82) is 0 Å². The second-order valence-electron chi connectivity index (χ2n) is 6.34. The number of hydrogen-bond donors (Lipinski definition) is 0. The SMILES string of the molecule is CS(=O)(=O)N(CC(=O)N(Cc1ccccc1)c1ccccc1)C1CC1. The summed E-state index contributed by atoms with van der Waals surface area (Å²) in [5.41, 5.74) is 1.76. The van der Waals surface area contributed by atoms with Crippen molar-refractivity contribution in [2.75, 3.05) is 17.7 Å². The maximum Gasteiger partial charge on any atom is 0.242 e. The highest BCUT2D eigenvalue weighted by atomic mass is 32.2. The Morgan fingerprint density at radius 3 is 2.08 bits per heavy atom. The van der Waals surface area contributed by atoms with E-state index in [1.807, 2.05) is 60.7 Å². The molecule has 0 N–H and O–H groups in total. The Kier molecular flexibility index (Phi) is 5.20. The largest absolute Gasteiger partial charge is 0.307 e. The van der Waals surface area contributed by atoms with E-state index in [-0.39, 0.29) is 18.5 Å². The number of carbonyl (C=O) groups is 1. The van der Waals surface area contributed by atoms with E-state index in [0.717, 1.165) is 24.1 Å². The Morgan fingerprint density at radius 2 is 1.56 bits per heavy atom. The normalized spacial score (nSPS) is 14.5. The number of amides is 1. The van der Waals surface area contributed by atoms with Crippen LogP contribution in [0.4, 0.5) is 5.69 Å². The standard InChI is InChI=1S/C19H22N2O3S/c1-25(23,24)21(18-12-13-18)15-19(22)20(17-10-6-3-7-11-17)14-16-8-4-2-5-9-16/h2-11,18H,12-15H2,1H3. The summed E-state index contributed by atoms with van der Waals surface area (Å²) in [6, 6.07) is 19.0. The third-order valence-corrected chi connectivity index (χ3v) is 5.50. The van der Waals surface area contributed by atoms with E-state index >= 15 is 0 Å². The summed E-state index contributed by atoms with van der Waals surface area (Å²) < 4.78 is 25.4. The molecule has 0 aliphatic heterocycles. The van der Waals surface area contributed by atoms with Crippen LogP contribution in [0.5, 0.6) is 0 Å². The summed E-state index contributed by atoms with van der Waals surface area (Å²) >= 11 is 0.